The van der Waals surface area contributed by atoms with Gasteiger partial charge in [0.2, 0.25) is 11.8 Å². The maximum absolute atomic E-state index is 12.6. The number of ketones is 2. The lowest BCUT2D eigenvalue weighted by atomic mass is 9.88. The third-order valence-electron chi connectivity index (χ3n) is 5.68. The van der Waals surface area contributed by atoms with Crippen molar-refractivity contribution in [3.63, 3.8) is 0 Å². The van der Waals surface area contributed by atoms with E-state index >= 15 is 0 Å². The normalized spacial score (nSPS) is 13.7. The molecule has 8 radical (unpaired) electrons. The third-order valence-corrected chi connectivity index (χ3v) is 5.68. The molecule has 0 bridgehead atoms. The molecule has 7 nitrogen and oxygen atoms in total. The van der Waals surface area contributed by atoms with Gasteiger partial charge in [0.1, 0.15) is 11.6 Å². The minimum absolute atomic E-state index is 0.0149. The van der Waals surface area contributed by atoms with Crippen molar-refractivity contribution in [3.8, 4) is 0 Å². The van der Waals surface area contributed by atoms with E-state index < -0.39 is 17.8 Å². The third kappa shape index (κ3) is 16.8. The molecule has 0 aliphatic heterocycles. The highest BCUT2D eigenvalue weighted by Gasteiger charge is 2.24. The number of hydrogen-bond donors (Lipinski definition) is 3. The van der Waals surface area contributed by atoms with Crippen LogP contribution < -0.4 is 16.0 Å². The molecule has 190 valence electrons. The number of carbonyl (C=O) groups is 4. The van der Waals surface area contributed by atoms with Crippen molar-refractivity contribution in [1.82, 2.24) is 16.0 Å². The van der Waals surface area contributed by atoms with E-state index in [1.165, 1.54) is 6.92 Å². The van der Waals surface area contributed by atoms with Gasteiger partial charge in [-0.15, -0.1) is 0 Å². The molecule has 3 atom stereocenters. The van der Waals surface area contributed by atoms with E-state index in [9.17, 15) is 19.2 Å². The number of unbranched alkanes of at least 4 members (excludes halogenated alkanes) is 4. The minimum Gasteiger partial charge on any atom is -0.356 e. The minimum atomic E-state index is -0.620. The van der Waals surface area contributed by atoms with Gasteiger partial charge in [0.25, 0.3) is 0 Å². The van der Waals surface area contributed by atoms with E-state index in [-0.39, 0.29) is 42.8 Å². The first-order valence-electron chi connectivity index (χ1n) is 12.4. The number of hydrogen-bond acceptors (Lipinski definition) is 5. The monoisotopic (exact) mass is 473 g/mol. The molecule has 0 heterocycles. The molecule has 0 aromatic rings. The van der Waals surface area contributed by atoms with Crippen LogP contribution in [0.15, 0.2) is 0 Å². The molecule has 0 aromatic carbocycles. The van der Waals surface area contributed by atoms with Gasteiger partial charge in [0.15, 0.2) is 0 Å². The molecule has 3 N–H and O–H groups in total. The fourth-order valence-electron chi connectivity index (χ4n) is 3.48. The molecule has 2 amide bonds. The zero-order valence-electron chi connectivity index (χ0n) is 20.8. The lowest BCUT2D eigenvalue weighted by Crippen LogP contribution is -2.34. The zero-order valence-corrected chi connectivity index (χ0v) is 20.8. The van der Waals surface area contributed by atoms with Gasteiger partial charge in [0, 0.05) is 50.7 Å². The Morgan fingerprint density at radius 1 is 0.735 bits per heavy atom. The van der Waals surface area contributed by atoms with E-state index in [1.807, 2.05) is 0 Å². The second kappa shape index (κ2) is 20.6. The first-order valence-corrected chi connectivity index (χ1v) is 12.4. The maximum Gasteiger partial charge on any atom is 0.223 e. The van der Waals surface area contributed by atoms with E-state index in [0.717, 1.165) is 25.7 Å². The van der Waals surface area contributed by atoms with Crippen molar-refractivity contribution in [2.75, 3.05) is 19.6 Å². The summed E-state index contributed by atoms with van der Waals surface area (Å²) in [5.74, 6) is -2.30. The highest BCUT2D eigenvalue weighted by Crippen LogP contribution is 2.19. The summed E-state index contributed by atoms with van der Waals surface area (Å²) in [6, 6.07) is 0. The van der Waals surface area contributed by atoms with Crippen molar-refractivity contribution in [2.45, 2.75) is 84.0 Å². The molecule has 0 aliphatic carbocycles. The molecular formula is C27H43N3O4. The fourth-order valence-corrected chi connectivity index (χ4v) is 3.48. The summed E-state index contributed by atoms with van der Waals surface area (Å²) >= 11 is 0. The number of amides is 2. The van der Waals surface area contributed by atoms with Crippen LogP contribution in [0.1, 0.15) is 84.0 Å². The highest BCUT2D eigenvalue weighted by atomic mass is 16.2. The van der Waals surface area contributed by atoms with E-state index in [2.05, 4.69) is 16.0 Å². The van der Waals surface area contributed by atoms with Crippen LogP contribution in [0.2, 0.25) is 0 Å². The summed E-state index contributed by atoms with van der Waals surface area (Å²) in [6.07, 6.45) is 7.04. The zero-order chi connectivity index (χ0) is 25.8. The van der Waals surface area contributed by atoms with Crippen LogP contribution in [0.3, 0.4) is 0 Å². The Labute approximate surface area is 208 Å². The molecule has 0 saturated carbocycles. The van der Waals surface area contributed by atoms with Crippen LogP contribution in [0.5, 0.6) is 0 Å². The molecule has 34 heavy (non-hydrogen) atoms. The molecule has 7 heteroatoms. The molecule has 0 saturated heterocycles. The van der Waals surface area contributed by atoms with Gasteiger partial charge in [-0.05, 0) is 72.8 Å². The summed E-state index contributed by atoms with van der Waals surface area (Å²) in [5.41, 5.74) is 0. The average Bonchev–Trinajstić information content (AvgIpc) is 2.80. The second-order valence-corrected chi connectivity index (χ2v) is 8.84. The topological polar surface area (TPSA) is 104 Å². The summed E-state index contributed by atoms with van der Waals surface area (Å²) < 4.78 is 0. The van der Waals surface area contributed by atoms with Crippen molar-refractivity contribution >= 4 is 23.4 Å². The van der Waals surface area contributed by atoms with E-state index in [4.69, 9.17) is 27.8 Å². The van der Waals surface area contributed by atoms with Crippen molar-refractivity contribution in [1.29, 1.82) is 0 Å². The lowest BCUT2D eigenvalue weighted by Gasteiger charge is -2.19. The van der Waals surface area contributed by atoms with Crippen LogP contribution in [0.4, 0.5) is 0 Å². The lowest BCUT2D eigenvalue weighted by molar-refractivity contribution is -0.131. The molecule has 0 unspecified atom stereocenters. The highest BCUT2D eigenvalue weighted by molar-refractivity contribution is 5.88. The Morgan fingerprint density at radius 2 is 1.32 bits per heavy atom. The summed E-state index contributed by atoms with van der Waals surface area (Å²) in [5, 5.41) is 8.13. The van der Waals surface area contributed by atoms with Gasteiger partial charge in [-0.3, -0.25) is 19.2 Å². The summed E-state index contributed by atoms with van der Waals surface area (Å²) in [4.78, 5) is 48.4. The predicted octanol–water partition coefficient (Wildman–Crippen LogP) is 3.30. The van der Waals surface area contributed by atoms with Crippen LogP contribution in [0, 0.1) is 45.6 Å². The van der Waals surface area contributed by atoms with Crippen LogP contribution in [-0.2, 0) is 19.2 Å². The van der Waals surface area contributed by atoms with Gasteiger partial charge in [-0.2, -0.15) is 0 Å². The van der Waals surface area contributed by atoms with Crippen molar-refractivity contribution < 1.29 is 19.2 Å². The summed E-state index contributed by atoms with van der Waals surface area (Å²) in [6.45, 7) is 20.2. The number of rotatable bonds is 22. The second-order valence-electron chi connectivity index (χ2n) is 8.84. The maximum atomic E-state index is 12.6. The Balaban J connectivity index is 4.56. The standard InChI is InChI=1S/C27H43N3O4/c1-6-7-8-14-22(3)26(33)29-18-12-10-15-24(27(34)30-19-16-23(4)31)20-25(32)21(2)13-9-11-17-28-5/h1-3,5,21-22,24,28H,6-20H2,4H3,(H,29,33)(H,30,34)/t21-,22-,24+/m0/s1. The van der Waals surface area contributed by atoms with Gasteiger partial charge < -0.3 is 16.0 Å². The quantitative estimate of drug-likeness (QED) is 0.165. The van der Waals surface area contributed by atoms with Gasteiger partial charge >= 0.3 is 0 Å². The molecule has 0 fully saturated rings. The largest absolute Gasteiger partial charge is 0.356 e. The molecule has 0 spiro atoms. The van der Waals surface area contributed by atoms with Crippen molar-refractivity contribution in [3.05, 3.63) is 27.8 Å². The SMILES string of the molecule is [CH]CCCC[C@H]([CH])C(=O)NCCCC[C@H](CC(=O)[C@@H]([CH])CCCCN[CH])C(=O)NCCC(C)=O. The van der Waals surface area contributed by atoms with Crippen LogP contribution in [0.25, 0.3) is 0 Å². The van der Waals surface area contributed by atoms with Crippen molar-refractivity contribution in [2.24, 2.45) is 17.8 Å². The Hall–Kier alpha value is -1.76. The molecule has 0 aliphatic rings. The number of nitrogens with one attached hydrogen (secondary N) is 3. The smallest absolute Gasteiger partial charge is 0.223 e. The van der Waals surface area contributed by atoms with Crippen LogP contribution >= 0.6 is 0 Å². The Kier molecular flexibility index (Phi) is 19.5. The Bertz CT molecular complexity index is 594. The van der Waals surface area contributed by atoms with E-state index in [0.29, 0.717) is 51.6 Å². The Morgan fingerprint density at radius 3 is 1.97 bits per heavy atom. The average molecular weight is 474 g/mol. The van der Waals surface area contributed by atoms with Crippen LogP contribution in [-0.4, -0.2) is 43.0 Å². The predicted molar refractivity (Wildman–Crippen MR) is 133 cm³/mol. The number of Topliss-reactive ketones (excluding diaryl/α,β-unsaturated/α-hetero) is 2. The fraction of sp³-hybridized carbons (Fsp3) is 0.704. The number of carbonyl (C=O) groups excluding carboxylic acids is 4. The van der Waals surface area contributed by atoms with Gasteiger partial charge in [0.05, 0.1) is 0 Å². The first kappa shape index (κ1) is 32.2. The molecule has 0 aromatic heterocycles. The molecular weight excluding hydrogens is 430 g/mol. The molecule has 0 rings (SSSR count). The van der Waals surface area contributed by atoms with Gasteiger partial charge in [-0.25, -0.2) is 0 Å². The van der Waals surface area contributed by atoms with Gasteiger partial charge in [-0.1, -0.05) is 25.7 Å². The first-order chi connectivity index (χ1) is 16.2. The van der Waals surface area contributed by atoms with E-state index in [1.54, 1.807) is 0 Å². The summed E-state index contributed by atoms with van der Waals surface area (Å²) in [7, 11) is 5.24.